The molecule has 3 rings (SSSR count). The van der Waals surface area contributed by atoms with Crippen LogP contribution in [0, 0.1) is 0 Å². The number of fused-ring (bicyclic) bond motifs is 1. The highest BCUT2D eigenvalue weighted by Crippen LogP contribution is 2.17. The van der Waals surface area contributed by atoms with Crippen molar-refractivity contribution in [2.75, 3.05) is 13.1 Å². The molecule has 1 unspecified atom stereocenters. The van der Waals surface area contributed by atoms with E-state index < -0.39 is 0 Å². The van der Waals surface area contributed by atoms with Crippen molar-refractivity contribution in [1.29, 1.82) is 0 Å². The summed E-state index contributed by atoms with van der Waals surface area (Å²) in [5.74, 6) is 0. The van der Waals surface area contributed by atoms with Crippen LogP contribution in [0.4, 0.5) is 0 Å². The van der Waals surface area contributed by atoms with Gasteiger partial charge in [0.05, 0.1) is 5.69 Å². The van der Waals surface area contributed by atoms with Crippen molar-refractivity contribution in [3.8, 4) is 0 Å². The van der Waals surface area contributed by atoms with Crippen LogP contribution in [-0.4, -0.2) is 29.0 Å². The van der Waals surface area contributed by atoms with Crippen LogP contribution in [0.15, 0.2) is 48.7 Å². The van der Waals surface area contributed by atoms with Gasteiger partial charge in [-0.15, -0.1) is 0 Å². The zero-order valence-electron chi connectivity index (χ0n) is 12.6. The Morgan fingerprint density at radius 3 is 2.71 bits per heavy atom. The molecule has 1 aromatic heterocycles. The third-order valence-electron chi connectivity index (χ3n) is 4.20. The molecule has 1 aliphatic heterocycles. The SMILES string of the molecule is CCN(Cc1ccccn1)CC1Cc2ccccc2CN1. The second-order valence-corrected chi connectivity index (χ2v) is 5.70. The lowest BCUT2D eigenvalue weighted by molar-refractivity contribution is 0.236. The largest absolute Gasteiger partial charge is 0.308 e. The Labute approximate surface area is 127 Å². The van der Waals surface area contributed by atoms with E-state index in [4.69, 9.17) is 0 Å². The summed E-state index contributed by atoms with van der Waals surface area (Å²) in [6, 6.07) is 15.4. The fourth-order valence-electron chi connectivity index (χ4n) is 2.99. The Morgan fingerprint density at radius 1 is 1.14 bits per heavy atom. The molecule has 2 aromatic rings. The summed E-state index contributed by atoms with van der Waals surface area (Å²) in [6.07, 6.45) is 2.99. The van der Waals surface area contributed by atoms with E-state index in [1.54, 1.807) is 0 Å². The Kier molecular flexibility index (Phi) is 4.63. The van der Waals surface area contributed by atoms with E-state index in [0.29, 0.717) is 6.04 Å². The number of rotatable bonds is 5. The molecular formula is C18H23N3. The fraction of sp³-hybridized carbons (Fsp3) is 0.389. The van der Waals surface area contributed by atoms with Crippen LogP contribution in [-0.2, 0) is 19.5 Å². The highest BCUT2D eigenvalue weighted by Gasteiger charge is 2.19. The average Bonchev–Trinajstić information content (AvgIpc) is 2.55. The Hall–Kier alpha value is -1.71. The van der Waals surface area contributed by atoms with Gasteiger partial charge >= 0.3 is 0 Å². The smallest absolute Gasteiger partial charge is 0.0543 e. The molecule has 0 saturated heterocycles. The van der Waals surface area contributed by atoms with E-state index in [9.17, 15) is 0 Å². The zero-order valence-corrected chi connectivity index (χ0v) is 12.6. The Balaban J connectivity index is 1.60. The van der Waals surface area contributed by atoms with Crippen LogP contribution >= 0.6 is 0 Å². The van der Waals surface area contributed by atoms with E-state index in [1.807, 2.05) is 12.3 Å². The molecule has 1 N–H and O–H groups in total. The number of pyridine rings is 1. The first-order valence-corrected chi connectivity index (χ1v) is 7.77. The molecule has 110 valence electrons. The lowest BCUT2D eigenvalue weighted by atomic mass is 9.95. The molecule has 0 saturated carbocycles. The fourth-order valence-corrected chi connectivity index (χ4v) is 2.99. The van der Waals surface area contributed by atoms with Gasteiger partial charge in [0, 0.05) is 31.9 Å². The highest BCUT2D eigenvalue weighted by molar-refractivity contribution is 5.30. The van der Waals surface area contributed by atoms with Crippen molar-refractivity contribution in [3.63, 3.8) is 0 Å². The number of benzene rings is 1. The summed E-state index contributed by atoms with van der Waals surface area (Å²) in [7, 11) is 0. The van der Waals surface area contributed by atoms with Crippen molar-refractivity contribution in [3.05, 3.63) is 65.5 Å². The van der Waals surface area contributed by atoms with Crippen molar-refractivity contribution in [2.24, 2.45) is 0 Å². The standard InChI is InChI=1S/C18H23N3/c1-2-21(13-17-9-5-6-10-19-17)14-18-11-15-7-3-4-8-16(15)12-20-18/h3-10,18,20H,2,11-14H2,1H3. The Bertz CT molecular complexity index is 568. The molecule has 3 nitrogen and oxygen atoms in total. The van der Waals surface area contributed by atoms with Crippen molar-refractivity contribution >= 4 is 0 Å². The van der Waals surface area contributed by atoms with Crippen molar-refractivity contribution < 1.29 is 0 Å². The highest BCUT2D eigenvalue weighted by atomic mass is 15.2. The number of likely N-dealkylation sites (N-methyl/N-ethyl adjacent to an activating group) is 1. The van der Waals surface area contributed by atoms with Gasteiger partial charge in [0.1, 0.15) is 0 Å². The first-order chi connectivity index (χ1) is 10.3. The molecule has 0 fully saturated rings. The Morgan fingerprint density at radius 2 is 1.95 bits per heavy atom. The minimum absolute atomic E-state index is 0.531. The minimum atomic E-state index is 0.531. The van der Waals surface area contributed by atoms with Crippen LogP contribution in [0.1, 0.15) is 23.7 Å². The molecule has 0 aliphatic carbocycles. The van der Waals surface area contributed by atoms with Crippen molar-refractivity contribution in [1.82, 2.24) is 15.2 Å². The van der Waals surface area contributed by atoms with E-state index in [1.165, 1.54) is 11.1 Å². The zero-order chi connectivity index (χ0) is 14.5. The summed E-state index contributed by atoms with van der Waals surface area (Å²) in [4.78, 5) is 6.90. The third kappa shape index (κ3) is 3.69. The number of hydrogen-bond donors (Lipinski definition) is 1. The number of nitrogens with zero attached hydrogens (tertiary/aromatic N) is 2. The molecule has 0 amide bonds. The predicted molar refractivity (Wildman–Crippen MR) is 86.0 cm³/mol. The van der Waals surface area contributed by atoms with Gasteiger partial charge in [0.2, 0.25) is 0 Å². The normalized spacial score (nSPS) is 17.7. The maximum absolute atomic E-state index is 4.43. The topological polar surface area (TPSA) is 28.2 Å². The lowest BCUT2D eigenvalue weighted by Gasteiger charge is -2.31. The van der Waals surface area contributed by atoms with E-state index in [2.05, 4.69) is 58.5 Å². The molecule has 1 aliphatic rings. The number of nitrogens with one attached hydrogen (secondary N) is 1. The monoisotopic (exact) mass is 281 g/mol. The average molecular weight is 281 g/mol. The van der Waals surface area contributed by atoms with Gasteiger partial charge in [0.15, 0.2) is 0 Å². The van der Waals surface area contributed by atoms with Gasteiger partial charge in [-0.1, -0.05) is 37.3 Å². The maximum Gasteiger partial charge on any atom is 0.0543 e. The molecule has 21 heavy (non-hydrogen) atoms. The molecule has 2 heterocycles. The van der Waals surface area contributed by atoms with Crippen LogP contribution < -0.4 is 5.32 Å². The molecule has 1 aromatic carbocycles. The lowest BCUT2D eigenvalue weighted by Crippen LogP contribution is -2.44. The van der Waals surface area contributed by atoms with Crippen LogP contribution in [0.25, 0.3) is 0 Å². The molecular weight excluding hydrogens is 258 g/mol. The second kappa shape index (κ2) is 6.83. The van der Waals surface area contributed by atoms with Gasteiger partial charge in [-0.3, -0.25) is 9.88 Å². The summed E-state index contributed by atoms with van der Waals surface area (Å²) in [6.45, 7) is 6.26. The van der Waals surface area contributed by atoms with Crippen LogP contribution in [0.3, 0.4) is 0 Å². The number of hydrogen-bond acceptors (Lipinski definition) is 3. The molecule has 0 spiro atoms. The van der Waals surface area contributed by atoms with E-state index in [-0.39, 0.29) is 0 Å². The third-order valence-corrected chi connectivity index (χ3v) is 4.20. The summed E-state index contributed by atoms with van der Waals surface area (Å²) in [5, 5.41) is 3.66. The van der Waals surface area contributed by atoms with E-state index in [0.717, 1.165) is 38.3 Å². The first kappa shape index (κ1) is 14.2. The molecule has 0 radical (unpaired) electrons. The van der Waals surface area contributed by atoms with Gasteiger partial charge in [0.25, 0.3) is 0 Å². The quantitative estimate of drug-likeness (QED) is 0.913. The second-order valence-electron chi connectivity index (χ2n) is 5.70. The molecule has 3 heteroatoms. The number of aromatic nitrogens is 1. The molecule has 0 bridgehead atoms. The van der Waals surface area contributed by atoms with Gasteiger partial charge in [-0.05, 0) is 36.2 Å². The van der Waals surface area contributed by atoms with Crippen LogP contribution in [0.2, 0.25) is 0 Å². The van der Waals surface area contributed by atoms with E-state index >= 15 is 0 Å². The van der Waals surface area contributed by atoms with Gasteiger partial charge in [-0.2, -0.15) is 0 Å². The predicted octanol–water partition coefficient (Wildman–Crippen LogP) is 2.62. The van der Waals surface area contributed by atoms with Gasteiger partial charge in [-0.25, -0.2) is 0 Å². The maximum atomic E-state index is 4.43. The van der Waals surface area contributed by atoms with Crippen LogP contribution in [0.5, 0.6) is 0 Å². The summed E-state index contributed by atoms with van der Waals surface area (Å²) >= 11 is 0. The van der Waals surface area contributed by atoms with Crippen molar-refractivity contribution in [2.45, 2.75) is 32.5 Å². The minimum Gasteiger partial charge on any atom is -0.308 e. The summed E-state index contributed by atoms with van der Waals surface area (Å²) < 4.78 is 0. The van der Waals surface area contributed by atoms with Gasteiger partial charge < -0.3 is 5.32 Å². The molecule has 1 atom stereocenters. The first-order valence-electron chi connectivity index (χ1n) is 7.77. The summed E-state index contributed by atoms with van der Waals surface area (Å²) in [5.41, 5.74) is 4.09.